The average molecular weight is 412 g/mol. The molecule has 1 aromatic heterocycles. The topological polar surface area (TPSA) is 127 Å². The molecule has 0 aliphatic carbocycles. The Kier molecular flexibility index (Phi) is 6.54. The summed E-state index contributed by atoms with van der Waals surface area (Å²) >= 11 is 0. The number of halogens is 1. The van der Waals surface area contributed by atoms with Gasteiger partial charge < -0.3 is 19.9 Å². The summed E-state index contributed by atoms with van der Waals surface area (Å²) in [7, 11) is -0.568. The van der Waals surface area contributed by atoms with E-state index in [1.54, 1.807) is 20.8 Å². The van der Waals surface area contributed by atoms with Gasteiger partial charge in [0.15, 0.2) is 0 Å². The number of fused-ring (bicyclic) bond motifs is 1. The lowest BCUT2D eigenvalue weighted by Gasteiger charge is -2.30. The van der Waals surface area contributed by atoms with E-state index in [2.05, 4.69) is 15.3 Å². The second-order valence-corrected chi connectivity index (χ2v) is 9.24. The predicted octanol–water partition coefficient (Wildman–Crippen LogP) is 1.59. The molecule has 2 heterocycles. The number of aromatic nitrogens is 1. The van der Waals surface area contributed by atoms with Crippen molar-refractivity contribution in [2.24, 2.45) is 0 Å². The van der Waals surface area contributed by atoms with Crippen LogP contribution in [0.15, 0.2) is 6.07 Å². The Morgan fingerprint density at radius 2 is 2.18 bits per heavy atom. The first-order chi connectivity index (χ1) is 13.1. The lowest BCUT2D eigenvalue weighted by molar-refractivity contribution is -0.384. The molecule has 1 aromatic rings. The second kappa shape index (κ2) is 8.50. The minimum absolute atomic E-state index is 0.0141. The quantitative estimate of drug-likeness (QED) is 0.413. The molecule has 0 fully saturated rings. The molecule has 1 radical (unpaired) electrons. The maximum absolute atomic E-state index is 13.4. The van der Waals surface area contributed by atoms with Gasteiger partial charge in [-0.05, 0) is 20.8 Å². The van der Waals surface area contributed by atoms with Crippen molar-refractivity contribution in [3.05, 3.63) is 27.4 Å². The summed E-state index contributed by atoms with van der Waals surface area (Å²) in [5.41, 5.74) is -0.456. The minimum Gasteiger partial charge on any atom is -0.444 e. The number of nitrogens with zero attached hydrogens (tertiary/aromatic N) is 3. The Balaban J connectivity index is 2.15. The summed E-state index contributed by atoms with van der Waals surface area (Å²) in [4.78, 5) is 43.3. The molecule has 0 unspecified atom stereocenters. The number of anilines is 1. The van der Waals surface area contributed by atoms with Gasteiger partial charge in [-0.1, -0.05) is 0 Å². The number of rotatable bonds is 6. The van der Waals surface area contributed by atoms with Crippen LogP contribution in [0.25, 0.3) is 0 Å². The van der Waals surface area contributed by atoms with Crippen molar-refractivity contribution in [2.45, 2.75) is 32.8 Å². The number of nitro groups is 1. The highest BCUT2D eigenvalue weighted by Crippen LogP contribution is 2.28. The van der Waals surface area contributed by atoms with Gasteiger partial charge in [-0.25, -0.2) is 9.78 Å². The number of hydrogen-bond donors (Lipinski definition) is 2. The van der Waals surface area contributed by atoms with Crippen LogP contribution in [0.4, 0.5) is 20.7 Å². The zero-order chi connectivity index (χ0) is 21.1. The lowest BCUT2D eigenvalue weighted by Crippen LogP contribution is -2.53. The first-order valence-corrected chi connectivity index (χ1v) is 10.5. The Bertz CT molecular complexity index is 785. The molecule has 0 spiro atoms. The molecule has 10 nitrogen and oxygen atoms in total. The fraction of sp³-hybridized carbons (Fsp3) is 0.562. The van der Waals surface area contributed by atoms with Crippen molar-refractivity contribution in [1.82, 2.24) is 14.9 Å². The van der Waals surface area contributed by atoms with Crippen LogP contribution in [0.2, 0.25) is 0 Å². The zero-order valence-corrected chi connectivity index (χ0v) is 17.2. The smallest absolute Gasteiger partial charge is 0.399 e. The van der Waals surface area contributed by atoms with Gasteiger partial charge in [0.2, 0.25) is 14.8 Å². The van der Waals surface area contributed by atoms with E-state index in [1.165, 1.54) is 18.0 Å². The van der Waals surface area contributed by atoms with E-state index in [0.717, 1.165) is 0 Å². The molecule has 2 amide bonds. The Labute approximate surface area is 163 Å². The van der Waals surface area contributed by atoms with E-state index >= 15 is 0 Å². The molecule has 2 rings (SSSR count). The monoisotopic (exact) mass is 412 g/mol. The highest BCUT2D eigenvalue weighted by Gasteiger charge is 2.32. The average Bonchev–Trinajstić information content (AvgIpc) is 2.60. The molecule has 1 aliphatic rings. The van der Waals surface area contributed by atoms with Gasteiger partial charge in [0.05, 0.1) is 16.2 Å². The highest BCUT2D eigenvalue weighted by atomic mass is 28.3. The molecule has 153 valence electrons. The van der Waals surface area contributed by atoms with Crippen LogP contribution in [-0.2, 0) is 11.2 Å². The van der Waals surface area contributed by atoms with Crippen LogP contribution in [0.3, 0.4) is 0 Å². The third kappa shape index (κ3) is 5.15. The van der Waals surface area contributed by atoms with Gasteiger partial charge in [-0.3, -0.25) is 19.3 Å². The van der Waals surface area contributed by atoms with E-state index in [0.29, 0.717) is 12.1 Å². The summed E-state index contributed by atoms with van der Waals surface area (Å²) in [5.74, 6) is -0.383. The van der Waals surface area contributed by atoms with Crippen LogP contribution < -0.4 is 10.3 Å². The van der Waals surface area contributed by atoms with Gasteiger partial charge >= 0.3 is 11.8 Å². The number of carbonyl (C=O) groups is 2. The summed E-state index contributed by atoms with van der Waals surface area (Å²) in [5, 5.41) is 13.9. The van der Waals surface area contributed by atoms with Crippen molar-refractivity contribution >= 4 is 32.5 Å². The van der Waals surface area contributed by atoms with Crippen molar-refractivity contribution in [3.8, 4) is 0 Å². The maximum atomic E-state index is 13.4. The van der Waals surface area contributed by atoms with Crippen molar-refractivity contribution in [3.63, 3.8) is 0 Å². The maximum Gasteiger partial charge on any atom is 0.399 e. The van der Waals surface area contributed by atoms with Crippen molar-refractivity contribution in [2.75, 3.05) is 31.4 Å². The largest absolute Gasteiger partial charge is 0.444 e. The van der Waals surface area contributed by atoms with Crippen molar-refractivity contribution in [1.29, 1.82) is 0 Å². The number of amides is 2. The molecular weight excluding hydrogens is 389 g/mol. The van der Waals surface area contributed by atoms with E-state index in [4.69, 9.17) is 4.74 Å². The van der Waals surface area contributed by atoms with Gasteiger partial charge in [0.25, 0.3) is 5.91 Å². The summed E-state index contributed by atoms with van der Waals surface area (Å²) in [6.45, 7) is 5.36. The van der Waals surface area contributed by atoms with Crippen LogP contribution in [0.1, 0.15) is 36.8 Å². The summed E-state index contributed by atoms with van der Waals surface area (Å²) in [6, 6.07) is 1.19. The molecule has 12 heteroatoms. The van der Waals surface area contributed by atoms with Crippen molar-refractivity contribution < 1.29 is 23.6 Å². The SMILES string of the molecule is CNc1nc2c(cc1[N+](=O)[O-])C(=O)N(C[Si](CF)NC(=O)OC(C)(C)C)CC2. The molecule has 0 saturated heterocycles. The van der Waals surface area contributed by atoms with Crippen LogP contribution >= 0.6 is 0 Å². The Hall–Kier alpha value is -2.76. The fourth-order valence-corrected chi connectivity index (χ4v) is 4.03. The minimum atomic E-state index is -2.08. The zero-order valence-electron chi connectivity index (χ0n) is 16.2. The molecule has 28 heavy (non-hydrogen) atoms. The van der Waals surface area contributed by atoms with E-state index in [1.807, 2.05) is 0 Å². The Morgan fingerprint density at radius 3 is 2.71 bits per heavy atom. The van der Waals surface area contributed by atoms with E-state index in [-0.39, 0.29) is 29.8 Å². The first kappa shape index (κ1) is 21.5. The number of nitrogens with one attached hydrogen (secondary N) is 2. The van der Waals surface area contributed by atoms with Crippen LogP contribution in [-0.4, -0.2) is 67.4 Å². The number of alkyl halides is 1. The number of pyridine rings is 1. The Morgan fingerprint density at radius 1 is 1.50 bits per heavy atom. The summed E-state index contributed by atoms with van der Waals surface area (Å²) in [6.07, 6.45) is -1.14. The van der Waals surface area contributed by atoms with Gasteiger partial charge in [-0.2, -0.15) is 0 Å². The third-order valence-corrected chi connectivity index (χ3v) is 5.52. The van der Waals surface area contributed by atoms with Gasteiger partial charge in [-0.15, -0.1) is 0 Å². The molecule has 0 saturated carbocycles. The lowest BCUT2D eigenvalue weighted by atomic mass is 10.0. The standard InChI is InChI=1S/C16H23FN5O5Si/c1-16(2,3)27-15(24)20-28(8-17)9-21-6-5-11-10(14(21)23)7-12(22(25)26)13(18-4)19-11/h7H,5-6,8-9H2,1-4H3,(H,18,19)(H,20,24). The molecule has 0 aromatic carbocycles. The molecule has 1 aliphatic heterocycles. The number of hydrogen-bond acceptors (Lipinski definition) is 7. The van der Waals surface area contributed by atoms with Crippen LogP contribution in [0, 0.1) is 10.1 Å². The van der Waals surface area contributed by atoms with E-state index < -0.39 is 37.8 Å². The summed E-state index contributed by atoms with van der Waals surface area (Å²) < 4.78 is 18.5. The molecule has 2 N–H and O–H groups in total. The second-order valence-electron chi connectivity index (χ2n) is 7.20. The molecule has 0 bridgehead atoms. The predicted molar refractivity (Wildman–Crippen MR) is 101 cm³/mol. The van der Waals surface area contributed by atoms with Crippen LogP contribution in [0.5, 0.6) is 0 Å². The fourth-order valence-electron chi connectivity index (χ4n) is 2.70. The number of ether oxygens (including phenoxy) is 1. The van der Waals surface area contributed by atoms with Gasteiger partial charge in [0, 0.05) is 32.2 Å². The highest BCUT2D eigenvalue weighted by molar-refractivity contribution is 6.59. The van der Waals surface area contributed by atoms with Gasteiger partial charge in [0.1, 0.15) is 11.9 Å². The van der Waals surface area contributed by atoms with E-state index in [9.17, 15) is 24.1 Å². The first-order valence-electron chi connectivity index (χ1n) is 8.61. The number of carbonyl (C=O) groups excluding carboxylic acids is 2. The molecule has 0 atom stereocenters. The third-order valence-electron chi connectivity index (χ3n) is 3.87. The molecular formula is C16H23FN5O5Si. The normalized spacial score (nSPS) is 13.9.